The summed E-state index contributed by atoms with van der Waals surface area (Å²) in [6.45, 7) is 12.0. The first-order valence-electron chi connectivity index (χ1n) is 10.9. The molecule has 3 rings (SSSR count). The predicted molar refractivity (Wildman–Crippen MR) is 133 cm³/mol. The molecule has 8 heteroatoms. The molecule has 2 aromatic rings. The van der Waals surface area contributed by atoms with Crippen molar-refractivity contribution in [1.29, 1.82) is 0 Å². The van der Waals surface area contributed by atoms with Gasteiger partial charge in [0.25, 0.3) is 0 Å². The Kier molecular flexibility index (Phi) is 10.6. The molecule has 2 heterocycles. The van der Waals surface area contributed by atoms with Gasteiger partial charge in [-0.2, -0.15) is 0 Å². The van der Waals surface area contributed by atoms with E-state index in [4.69, 9.17) is 4.99 Å². The van der Waals surface area contributed by atoms with E-state index < -0.39 is 0 Å². The van der Waals surface area contributed by atoms with Gasteiger partial charge in [0.05, 0.1) is 6.54 Å². The average molecular weight is 525 g/mol. The number of rotatable bonds is 8. The molecule has 30 heavy (non-hydrogen) atoms. The summed E-state index contributed by atoms with van der Waals surface area (Å²) < 4.78 is 2.08. The van der Waals surface area contributed by atoms with E-state index in [9.17, 15) is 0 Å². The van der Waals surface area contributed by atoms with Crippen LogP contribution < -0.4 is 10.6 Å². The fourth-order valence-corrected chi connectivity index (χ4v) is 3.83. The number of aromatic nitrogens is 3. The van der Waals surface area contributed by atoms with E-state index in [0.29, 0.717) is 12.6 Å². The van der Waals surface area contributed by atoms with Gasteiger partial charge < -0.3 is 15.2 Å². The zero-order valence-electron chi connectivity index (χ0n) is 18.5. The summed E-state index contributed by atoms with van der Waals surface area (Å²) in [5.41, 5.74) is 2.75. The molecule has 0 aliphatic carbocycles. The zero-order valence-corrected chi connectivity index (χ0v) is 20.8. The summed E-state index contributed by atoms with van der Waals surface area (Å²) in [4.78, 5) is 7.31. The molecular weight excluding hydrogens is 489 g/mol. The highest BCUT2D eigenvalue weighted by Crippen LogP contribution is 2.14. The molecule has 0 radical (unpaired) electrons. The topological polar surface area (TPSA) is 70.4 Å². The van der Waals surface area contributed by atoms with Crippen LogP contribution in [0.25, 0.3) is 0 Å². The normalized spacial score (nSPS) is 15.6. The van der Waals surface area contributed by atoms with Gasteiger partial charge >= 0.3 is 0 Å². The minimum atomic E-state index is 0. The number of hydrogen-bond donors (Lipinski definition) is 2. The van der Waals surface area contributed by atoms with Crippen LogP contribution in [-0.2, 0) is 19.5 Å². The summed E-state index contributed by atoms with van der Waals surface area (Å²) in [6, 6.07) is 9.31. The van der Waals surface area contributed by atoms with Crippen molar-refractivity contribution in [3.8, 4) is 0 Å². The quantitative estimate of drug-likeness (QED) is 0.315. The summed E-state index contributed by atoms with van der Waals surface area (Å²) in [5, 5.41) is 15.1. The molecule has 1 fully saturated rings. The van der Waals surface area contributed by atoms with E-state index in [0.717, 1.165) is 63.8 Å². The van der Waals surface area contributed by atoms with Crippen molar-refractivity contribution in [1.82, 2.24) is 30.3 Å². The van der Waals surface area contributed by atoms with Crippen LogP contribution in [0.4, 0.5) is 0 Å². The summed E-state index contributed by atoms with van der Waals surface area (Å²) in [7, 11) is 0. The van der Waals surface area contributed by atoms with Crippen LogP contribution in [-0.4, -0.2) is 57.8 Å². The lowest BCUT2D eigenvalue weighted by Crippen LogP contribution is -2.48. The number of aliphatic imine (C=N–C) groups is 1. The van der Waals surface area contributed by atoms with Crippen LogP contribution in [0.15, 0.2) is 35.6 Å². The first-order valence-corrected chi connectivity index (χ1v) is 10.9. The molecule has 1 aliphatic rings. The van der Waals surface area contributed by atoms with E-state index in [1.165, 1.54) is 11.1 Å². The number of guanidine groups is 1. The minimum absolute atomic E-state index is 0. The zero-order chi connectivity index (χ0) is 20.5. The van der Waals surface area contributed by atoms with Crippen LogP contribution in [0.5, 0.6) is 0 Å². The number of hydrogen-bond acceptors (Lipinski definition) is 4. The van der Waals surface area contributed by atoms with Gasteiger partial charge in [0.1, 0.15) is 12.2 Å². The number of nitrogens with zero attached hydrogens (tertiary/aromatic N) is 5. The second-order valence-corrected chi connectivity index (χ2v) is 7.74. The third-order valence-corrected chi connectivity index (χ3v) is 5.38. The third kappa shape index (κ3) is 7.54. The molecule has 7 nitrogen and oxygen atoms in total. The number of piperidine rings is 1. The number of benzene rings is 1. The van der Waals surface area contributed by atoms with Crippen molar-refractivity contribution in [2.24, 2.45) is 4.99 Å². The van der Waals surface area contributed by atoms with Crippen LogP contribution in [0.2, 0.25) is 0 Å². The molecule has 0 spiro atoms. The van der Waals surface area contributed by atoms with Crippen LogP contribution in [0.1, 0.15) is 43.6 Å². The molecule has 1 saturated heterocycles. The van der Waals surface area contributed by atoms with E-state index in [2.05, 4.69) is 75.3 Å². The van der Waals surface area contributed by atoms with Gasteiger partial charge in [-0.05, 0) is 32.3 Å². The van der Waals surface area contributed by atoms with E-state index in [1.807, 2.05) is 0 Å². The second kappa shape index (κ2) is 12.9. The molecule has 0 atom stereocenters. The van der Waals surface area contributed by atoms with Gasteiger partial charge in [0.2, 0.25) is 0 Å². The number of nitrogens with one attached hydrogen (secondary N) is 2. The lowest BCUT2D eigenvalue weighted by molar-refractivity contribution is 0.198. The molecular formula is C22H36IN7. The first-order chi connectivity index (χ1) is 14.2. The fourth-order valence-electron chi connectivity index (χ4n) is 3.83. The Morgan fingerprint density at radius 1 is 1.23 bits per heavy atom. The minimum Gasteiger partial charge on any atom is -0.357 e. The highest BCUT2D eigenvalue weighted by Gasteiger charge is 2.20. The first kappa shape index (κ1) is 24.6. The van der Waals surface area contributed by atoms with Gasteiger partial charge in [-0.25, -0.2) is 0 Å². The number of likely N-dealkylation sites (tertiary alicyclic amines) is 1. The maximum atomic E-state index is 4.76. The molecule has 1 aliphatic heterocycles. The molecule has 2 N–H and O–H groups in total. The predicted octanol–water partition coefficient (Wildman–Crippen LogP) is 2.99. The van der Waals surface area contributed by atoms with Gasteiger partial charge in [0, 0.05) is 45.2 Å². The van der Waals surface area contributed by atoms with E-state index >= 15 is 0 Å². The van der Waals surface area contributed by atoms with Gasteiger partial charge in [-0.15, -0.1) is 34.2 Å². The Hall–Kier alpha value is -1.68. The largest absolute Gasteiger partial charge is 0.357 e. The number of halogens is 1. The van der Waals surface area contributed by atoms with Crippen molar-refractivity contribution in [2.75, 3.05) is 26.2 Å². The number of aryl methyl sites for hydroxylation is 2. The molecule has 166 valence electrons. The van der Waals surface area contributed by atoms with E-state index in [1.54, 1.807) is 6.33 Å². The van der Waals surface area contributed by atoms with Crippen molar-refractivity contribution >= 4 is 29.9 Å². The third-order valence-electron chi connectivity index (χ3n) is 5.38. The Labute approximate surface area is 197 Å². The average Bonchev–Trinajstić information content (AvgIpc) is 3.17. The summed E-state index contributed by atoms with van der Waals surface area (Å²) >= 11 is 0. The van der Waals surface area contributed by atoms with Crippen LogP contribution in [0.3, 0.4) is 0 Å². The van der Waals surface area contributed by atoms with Crippen molar-refractivity contribution < 1.29 is 0 Å². The van der Waals surface area contributed by atoms with E-state index in [-0.39, 0.29) is 24.0 Å². The highest BCUT2D eigenvalue weighted by molar-refractivity contribution is 14.0. The monoisotopic (exact) mass is 525 g/mol. The molecule has 0 amide bonds. The summed E-state index contributed by atoms with van der Waals surface area (Å²) in [5.74, 6) is 1.93. The molecule has 1 aromatic heterocycles. The maximum Gasteiger partial charge on any atom is 0.191 e. The van der Waals surface area contributed by atoms with Crippen molar-refractivity contribution in [2.45, 2.75) is 59.2 Å². The van der Waals surface area contributed by atoms with Crippen molar-refractivity contribution in [3.63, 3.8) is 0 Å². The summed E-state index contributed by atoms with van der Waals surface area (Å²) in [6.07, 6.45) is 4.96. The SMILES string of the molecule is CCNC(=NCCn1cnnc1CC)NC1CCN(Cc2cccc(C)c2)CC1.I. The Bertz CT molecular complexity index is 781. The molecule has 0 unspecified atom stereocenters. The molecule has 1 aromatic carbocycles. The Morgan fingerprint density at radius 2 is 2.03 bits per heavy atom. The standard InChI is InChI=1S/C22H35N7.HI/c1-4-21-27-25-17-29(21)14-11-24-22(23-5-2)26-20-9-12-28(13-10-20)16-19-8-6-7-18(3)15-19;/h6-8,15,17,20H,4-5,9-14,16H2,1-3H3,(H2,23,24,26);1H. The van der Waals surface area contributed by atoms with Gasteiger partial charge in [0.15, 0.2) is 5.96 Å². The van der Waals surface area contributed by atoms with Gasteiger partial charge in [-0.3, -0.25) is 9.89 Å². The highest BCUT2D eigenvalue weighted by atomic mass is 127. The fraction of sp³-hybridized carbons (Fsp3) is 0.591. The maximum absolute atomic E-state index is 4.76. The van der Waals surface area contributed by atoms with Crippen LogP contribution in [0, 0.1) is 6.92 Å². The molecule has 0 saturated carbocycles. The lowest BCUT2D eigenvalue weighted by Gasteiger charge is -2.33. The smallest absolute Gasteiger partial charge is 0.191 e. The Balaban J connectivity index is 0.00000320. The van der Waals surface area contributed by atoms with Crippen molar-refractivity contribution in [3.05, 3.63) is 47.5 Å². The van der Waals surface area contributed by atoms with Crippen LogP contribution >= 0.6 is 24.0 Å². The second-order valence-electron chi connectivity index (χ2n) is 7.74. The Morgan fingerprint density at radius 3 is 2.73 bits per heavy atom. The lowest BCUT2D eigenvalue weighted by atomic mass is 10.0. The molecule has 0 bridgehead atoms. The van der Waals surface area contributed by atoms with Gasteiger partial charge in [-0.1, -0.05) is 36.8 Å².